The zero-order valence-corrected chi connectivity index (χ0v) is 13.4. The molecule has 0 saturated carbocycles. The second-order valence-corrected chi connectivity index (χ2v) is 6.65. The number of nitrogens with one attached hydrogen (secondary N) is 1. The summed E-state index contributed by atoms with van der Waals surface area (Å²) in [5.74, 6) is -3.27. The number of alkyl halides is 2. The van der Waals surface area contributed by atoms with Gasteiger partial charge in [-0.1, -0.05) is 0 Å². The summed E-state index contributed by atoms with van der Waals surface area (Å²) in [4.78, 5) is -0.137. The van der Waals surface area contributed by atoms with Crippen molar-refractivity contribution in [1.29, 1.82) is 0 Å². The smallest absolute Gasteiger partial charge is 0.273 e. The van der Waals surface area contributed by atoms with Gasteiger partial charge in [-0.15, -0.1) is 12.4 Å². The van der Waals surface area contributed by atoms with Crippen molar-refractivity contribution in [3.05, 3.63) is 12.4 Å². The molecule has 1 aliphatic rings. The summed E-state index contributed by atoms with van der Waals surface area (Å²) < 4.78 is 58.5. The molecule has 1 aliphatic heterocycles. The fourth-order valence-corrected chi connectivity index (χ4v) is 2.97. The van der Waals surface area contributed by atoms with Crippen molar-refractivity contribution in [2.24, 2.45) is 5.73 Å². The number of hydrogen-bond donors (Lipinski definition) is 2. The van der Waals surface area contributed by atoms with Crippen LogP contribution in [-0.2, 0) is 14.8 Å². The Balaban J connectivity index is 0.00000242. The van der Waals surface area contributed by atoms with E-state index in [4.69, 9.17) is 10.5 Å². The number of nitrogens with zero attached hydrogens (tertiary/aromatic N) is 2. The molecule has 7 nitrogen and oxygen atoms in total. The number of hydrogen-bond acceptors (Lipinski definition) is 5. The molecule has 0 aromatic carbocycles. The van der Waals surface area contributed by atoms with Crippen LogP contribution in [0.4, 0.5) is 8.78 Å². The monoisotopic (exact) mass is 360 g/mol. The second-order valence-electron chi connectivity index (χ2n) is 4.88. The lowest BCUT2D eigenvalue weighted by Crippen LogP contribution is -2.41. The highest BCUT2D eigenvalue weighted by molar-refractivity contribution is 7.89. The lowest BCUT2D eigenvalue weighted by molar-refractivity contribution is 0.0170. The first kappa shape index (κ1) is 19.2. The van der Waals surface area contributed by atoms with Gasteiger partial charge in [0.25, 0.3) is 5.92 Å². The molecule has 1 aromatic heterocycles. The van der Waals surface area contributed by atoms with Gasteiger partial charge in [0.2, 0.25) is 10.0 Å². The maximum absolute atomic E-state index is 13.0. The molecule has 0 atom stereocenters. The van der Waals surface area contributed by atoms with Crippen LogP contribution < -0.4 is 10.5 Å². The van der Waals surface area contributed by atoms with Crippen molar-refractivity contribution in [3.63, 3.8) is 0 Å². The van der Waals surface area contributed by atoms with Gasteiger partial charge in [-0.3, -0.25) is 4.68 Å². The zero-order chi connectivity index (χ0) is 15.5. The third-order valence-corrected chi connectivity index (χ3v) is 4.63. The van der Waals surface area contributed by atoms with E-state index in [2.05, 4.69) is 5.10 Å². The Morgan fingerprint density at radius 1 is 1.45 bits per heavy atom. The van der Waals surface area contributed by atoms with E-state index in [1.807, 2.05) is 4.72 Å². The minimum Gasteiger partial charge on any atom is -0.381 e. The summed E-state index contributed by atoms with van der Waals surface area (Å²) in [6.07, 6.45) is 3.97. The van der Waals surface area contributed by atoms with E-state index in [0.717, 1.165) is 19.0 Å². The van der Waals surface area contributed by atoms with E-state index >= 15 is 0 Å². The van der Waals surface area contributed by atoms with Crippen LogP contribution in [0, 0.1) is 0 Å². The molecule has 0 radical (unpaired) electrons. The van der Waals surface area contributed by atoms with Gasteiger partial charge in [0.1, 0.15) is 4.90 Å². The summed E-state index contributed by atoms with van der Waals surface area (Å²) in [6.45, 7) is -0.772. The maximum Gasteiger partial charge on any atom is 0.273 e. The summed E-state index contributed by atoms with van der Waals surface area (Å²) in [6, 6.07) is 0.0631. The lowest BCUT2D eigenvalue weighted by Gasteiger charge is -2.22. The van der Waals surface area contributed by atoms with Crippen molar-refractivity contribution < 1.29 is 21.9 Å². The van der Waals surface area contributed by atoms with Gasteiger partial charge in [-0.2, -0.15) is 5.10 Å². The first-order valence-electron chi connectivity index (χ1n) is 6.53. The number of ether oxygens (including phenoxy) is 1. The summed E-state index contributed by atoms with van der Waals surface area (Å²) in [7, 11) is -4.02. The van der Waals surface area contributed by atoms with Crippen LogP contribution in [0.1, 0.15) is 18.9 Å². The maximum atomic E-state index is 13.0. The van der Waals surface area contributed by atoms with Crippen molar-refractivity contribution in [2.45, 2.75) is 29.7 Å². The molecule has 128 valence electrons. The third-order valence-electron chi connectivity index (χ3n) is 3.27. The molecule has 0 unspecified atom stereocenters. The minimum atomic E-state index is -4.02. The Morgan fingerprint density at radius 3 is 2.68 bits per heavy atom. The quantitative estimate of drug-likeness (QED) is 0.771. The van der Waals surface area contributed by atoms with Gasteiger partial charge < -0.3 is 10.5 Å². The van der Waals surface area contributed by atoms with Crippen molar-refractivity contribution in [3.8, 4) is 0 Å². The first-order valence-corrected chi connectivity index (χ1v) is 8.02. The van der Waals surface area contributed by atoms with Gasteiger partial charge in [-0.25, -0.2) is 21.9 Å². The molecule has 0 amide bonds. The van der Waals surface area contributed by atoms with E-state index in [0.29, 0.717) is 13.2 Å². The Bertz CT molecular complexity index is 576. The van der Waals surface area contributed by atoms with Crippen molar-refractivity contribution >= 4 is 22.4 Å². The number of sulfonamides is 1. The second kappa shape index (κ2) is 7.64. The fraction of sp³-hybridized carbons (Fsp3) is 0.727. The lowest BCUT2D eigenvalue weighted by atomic mass is 10.1. The SMILES string of the molecule is Cl.NCC(F)(F)CNS(=O)(=O)c1cnn(C2CCOCC2)c1. The predicted molar refractivity (Wildman–Crippen MR) is 77.8 cm³/mol. The molecule has 1 saturated heterocycles. The number of nitrogens with two attached hydrogens (primary N) is 1. The average molecular weight is 361 g/mol. The summed E-state index contributed by atoms with van der Waals surface area (Å²) >= 11 is 0. The highest BCUT2D eigenvalue weighted by Crippen LogP contribution is 2.21. The molecule has 0 spiro atoms. The molecule has 1 fully saturated rings. The first-order chi connectivity index (χ1) is 9.84. The zero-order valence-electron chi connectivity index (χ0n) is 11.7. The van der Waals surface area contributed by atoms with Crippen molar-refractivity contribution in [2.75, 3.05) is 26.3 Å². The average Bonchev–Trinajstić information content (AvgIpc) is 2.97. The van der Waals surface area contributed by atoms with Crippen LogP contribution in [0.5, 0.6) is 0 Å². The van der Waals surface area contributed by atoms with E-state index in [-0.39, 0.29) is 23.3 Å². The van der Waals surface area contributed by atoms with Crippen LogP contribution in [0.25, 0.3) is 0 Å². The van der Waals surface area contributed by atoms with Gasteiger partial charge in [0.15, 0.2) is 0 Å². The number of rotatable bonds is 6. The summed E-state index contributed by atoms with van der Waals surface area (Å²) in [5.41, 5.74) is 4.86. The molecule has 11 heteroatoms. The number of halogens is 3. The molecule has 2 rings (SSSR count). The number of aromatic nitrogens is 2. The largest absolute Gasteiger partial charge is 0.381 e. The standard InChI is InChI=1S/C11H18F2N4O3S.ClH/c12-11(13,7-14)8-16-21(18,19)10-5-15-17(6-10)9-1-3-20-4-2-9;/h5-6,9,16H,1-4,7-8,14H2;1H. The Morgan fingerprint density at radius 2 is 2.09 bits per heavy atom. The Hall–Kier alpha value is -0.810. The molecule has 0 aliphatic carbocycles. The third kappa shape index (κ3) is 4.85. The normalized spacial score (nSPS) is 17.2. The van der Waals surface area contributed by atoms with Crippen LogP contribution >= 0.6 is 12.4 Å². The predicted octanol–water partition coefficient (Wildman–Crippen LogP) is 0.529. The van der Waals surface area contributed by atoms with Crippen LogP contribution in [0.3, 0.4) is 0 Å². The van der Waals surface area contributed by atoms with E-state index in [9.17, 15) is 17.2 Å². The molecule has 3 N–H and O–H groups in total. The van der Waals surface area contributed by atoms with Crippen LogP contribution in [-0.4, -0.2) is 50.4 Å². The topological polar surface area (TPSA) is 99.2 Å². The van der Waals surface area contributed by atoms with Gasteiger partial charge in [0.05, 0.1) is 25.3 Å². The highest BCUT2D eigenvalue weighted by Gasteiger charge is 2.30. The minimum absolute atomic E-state index is 0. The highest BCUT2D eigenvalue weighted by atomic mass is 35.5. The molecule has 0 bridgehead atoms. The van der Waals surface area contributed by atoms with Crippen LogP contribution in [0.2, 0.25) is 0 Å². The molecular formula is C11H19ClF2N4O3S. The van der Waals surface area contributed by atoms with E-state index in [1.54, 1.807) is 0 Å². The van der Waals surface area contributed by atoms with Gasteiger partial charge in [-0.05, 0) is 12.8 Å². The molecule has 2 heterocycles. The van der Waals surface area contributed by atoms with E-state index < -0.39 is 29.0 Å². The molecule has 1 aromatic rings. The Kier molecular flexibility index (Phi) is 6.68. The van der Waals surface area contributed by atoms with Crippen LogP contribution in [0.15, 0.2) is 17.3 Å². The summed E-state index contributed by atoms with van der Waals surface area (Å²) in [5, 5.41) is 4.00. The van der Waals surface area contributed by atoms with Gasteiger partial charge in [0, 0.05) is 19.4 Å². The fourth-order valence-electron chi connectivity index (χ4n) is 1.96. The van der Waals surface area contributed by atoms with Crippen molar-refractivity contribution in [1.82, 2.24) is 14.5 Å². The Labute approximate surface area is 133 Å². The molecular weight excluding hydrogens is 342 g/mol. The van der Waals surface area contributed by atoms with Gasteiger partial charge >= 0.3 is 0 Å². The van der Waals surface area contributed by atoms with E-state index in [1.165, 1.54) is 10.9 Å². The molecule has 22 heavy (non-hydrogen) atoms.